The highest BCUT2D eigenvalue weighted by Gasteiger charge is 2.19. The fourth-order valence-corrected chi connectivity index (χ4v) is 9.95. The van der Waals surface area contributed by atoms with Crippen LogP contribution in [0.4, 0.5) is 0 Å². The predicted octanol–water partition coefficient (Wildman–Crippen LogP) is 24.6. The second-order valence-corrected chi connectivity index (χ2v) is 23.4. The van der Waals surface area contributed by atoms with Gasteiger partial charge in [-0.2, -0.15) is 0 Å². The average molecular weight is 1150 g/mol. The highest BCUT2D eigenvalue weighted by Crippen LogP contribution is 2.17. The first kappa shape index (κ1) is 79.1. The molecule has 0 N–H and O–H groups in total. The Morgan fingerprint density at radius 2 is 0.494 bits per heavy atom. The summed E-state index contributed by atoms with van der Waals surface area (Å²) in [5.41, 5.74) is 0. The molecule has 0 radical (unpaired) electrons. The third-order valence-electron chi connectivity index (χ3n) is 15.2. The van der Waals surface area contributed by atoms with E-state index >= 15 is 0 Å². The van der Waals surface area contributed by atoms with Crippen molar-refractivity contribution in [1.82, 2.24) is 0 Å². The molecule has 0 aromatic rings. The maximum absolute atomic E-state index is 13.0. The molecule has 476 valence electrons. The van der Waals surface area contributed by atoms with Crippen LogP contribution in [0.5, 0.6) is 0 Å². The number of unbranched alkanes of at least 4 members (excludes halogenated alkanes) is 35. The Hall–Kier alpha value is -3.93. The summed E-state index contributed by atoms with van der Waals surface area (Å²) in [6, 6.07) is 0. The Morgan fingerprint density at radius 3 is 0.795 bits per heavy atom. The van der Waals surface area contributed by atoms with E-state index in [2.05, 4.69) is 130 Å². The molecule has 6 heteroatoms. The van der Waals surface area contributed by atoms with Gasteiger partial charge < -0.3 is 14.2 Å². The molecule has 0 aliphatic carbocycles. The molecule has 83 heavy (non-hydrogen) atoms. The Bertz CT molecular complexity index is 1660. The maximum atomic E-state index is 13.0. The minimum absolute atomic E-state index is 0.0863. The minimum atomic E-state index is -0.790. The Labute approximate surface area is 514 Å². The van der Waals surface area contributed by atoms with Crippen molar-refractivity contribution in [2.45, 2.75) is 348 Å². The summed E-state index contributed by atoms with van der Waals surface area (Å²) in [6.45, 7) is 6.48. The number of hydrogen-bond donors (Lipinski definition) is 0. The van der Waals surface area contributed by atoms with Crippen molar-refractivity contribution in [2.75, 3.05) is 13.2 Å². The second kappa shape index (κ2) is 70.6. The third-order valence-corrected chi connectivity index (χ3v) is 15.2. The summed E-state index contributed by atoms with van der Waals surface area (Å²) in [5.74, 6) is -0.896. The summed E-state index contributed by atoms with van der Waals surface area (Å²) < 4.78 is 17.0. The number of esters is 3. The highest BCUT2D eigenvalue weighted by atomic mass is 16.6. The molecule has 0 rings (SSSR count). The van der Waals surface area contributed by atoms with Crippen LogP contribution in [0.3, 0.4) is 0 Å². The Balaban J connectivity index is 4.31. The lowest BCUT2D eigenvalue weighted by atomic mass is 10.0. The van der Waals surface area contributed by atoms with Gasteiger partial charge in [-0.25, -0.2) is 0 Å². The van der Waals surface area contributed by atoms with Crippen LogP contribution in [0, 0.1) is 0 Å². The van der Waals surface area contributed by atoms with Crippen molar-refractivity contribution in [3.05, 3.63) is 109 Å². The average Bonchev–Trinajstić information content (AvgIpc) is 3.49. The largest absolute Gasteiger partial charge is 0.462 e. The molecule has 0 aromatic heterocycles. The van der Waals surface area contributed by atoms with Crippen LogP contribution in [-0.4, -0.2) is 37.2 Å². The fraction of sp³-hybridized carbons (Fsp3) is 0.727. The van der Waals surface area contributed by atoms with E-state index in [0.29, 0.717) is 19.3 Å². The monoisotopic (exact) mass is 1150 g/mol. The van der Waals surface area contributed by atoms with Gasteiger partial charge in [0.15, 0.2) is 6.10 Å². The summed E-state index contributed by atoms with van der Waals surface area (Å²) in [5, 5.41) is 0. The number of ether oxygens (including phenoxy) is 3. The summed E-state index contributed by atoms with van der Waals surface area (Å²) in [4.78, 5) is 38.4. The van der Waals surface area contributed by atoms with E-state index in [0.717, 1.165) is 135 Å². The molecule has 0 amide bonds. The van der Waals surface area contributed by atoms with Gasteiger partial charge in [-0.1, -0.05) is 310 Å². The molecule has 1 atom stereocenters. The minimum Gasteiger partial charge on any atom is -0.462 e. The molecule has 0 spiro atoms. The molecule has 0 aromatic carbocycles. The van der Waals surface area contributed by atoms with Gasteiger partial charge in [-0.05, 0) is 122 Å². The van der Waals surface area contributed by atoms with Gasteiger partial charge in [0.1, 0.15) is 13.2 Å². The first-order valence-electron chi connectivity index (χ1n) is 35.4. The van der Waals surface area contributed by atoms with Crippen LogP contribution >= 0.6 is 0 Å². The van der Waals surface area contributed by atoms with Gasteiger partial charge in [-0.15, -0.1) is 0 Å². The van der Waals surface area contributed by atoms with Crippen LogP contribution in [0.15, 0.2) is 109 Å². The lowest BCUT2D eigenvalue weighted by molar-refractivity contribution is -0.167. The number of rotatable bonds is 64. The zero-order chi connectivity index (χ0) is 59.9. The molecular formula is C77H132O6. The van der Waals surface area contributed by atoms with Crippen LogP contribution in [0.2, 0.25) is 0 Å². The van der Waals surface area contributed by atoms with E-state index in [1.807, 2.05) is 0 Å². The number of carbonyl (C=O) groups is 3. The number of allylic oxidation sites excluding steroid dienone is 18. The van der Waals surface area contributed by atoms with Gasteiger partial charge in [0, 0.05) is 19.3 Å². The quantitative estimate of drug-likeness (QED) is 0.0261. The van der Waals surface area contributed by atoms with Crippen LogP contribution in [0.1, 0.15) is 342 Å². The van der Waals surface area contributed by atoms with Crippen LogP contribution in [-0.2, 0) is 28.6 Å². The van der Waals surface area contributed by atoms with Crippen molar-refractivity contribution in [3.8, 4) is 0 Å². The predicted molar refractivity (Wildman–Crippen MR) is 362 cm³/mol. The first-order chi connectivity index (χ1) is 41.0. The number of carbonyl (C=O) groups excluding carboxylic acids is 3. The SMILES string of the molecule is CC/C=C\C/C=C\C/C=C\C/C=C\C/C=C\C/C=C\CCCCCCCCCCC(=O)OCC(COC(=O)CCCCCCC/C=C\C/C=C\CCC)OC(=O)CCCCCCCCCCCCCCC/C=C\CCCCCCCCCC. The van der Waals surface area contributed by atoms with E-state index in [1.54, 1.807) is 0 Å². The Kier molecular flexibility index (Phi) is 67.2. The summed E-state index contributed by atoms with van der Waals surface area (Å²) in [7, 11) is 0. The second-order valence-electron chi connectivity index (χ2n) is 23.4. The third kappa shape index (κ3) is 68.7. The molecule has 0 fully saturated rings. The molecule has 6 nitrogen and oxygen atoms in total. The van der Waals surface area contributed by atoms with E-state index < -0.39 is 6.10 Å². The first-order valence-corrected chi connectivity index (χ1v) is 35.4. The van der Waals surface area contributed by atoms with Crippen molar-refractivity contribution >= 4 is 17.9 Å². The van der Waals surface area contributed by atoms with Gasteiger partial charge in [0.05, 0.1) is 0 Å². The zero-order valence-corrected chi connectivity index (χ0v) is 54.7. The Morgan fingerprint density at radius 1 is 0.253 bits per heavy atom. The smallest absolute Gasteiger partial charge is 0.306 e. The van der Waals surface area contributed by atoms with E-state index in [-0.39, 0.29) is 31.1 Å². The molecule has 0 aliphatic rings. The molecule has 0 saturated carbocycles. The van der Waals surface area contributed by atoms with Crippen molar-refractivity contribution in [1.29, 1.82) is 0 Å². The standard InChI is InChI=1S/C77H132O6/c1-4-7-10-13-16-19-22-25-27-29-31-33-35-37-38-40-41-43-45-47-49-52-55-58-61-64-67-70-76(79)82-73-74(72-81-75(78)69-66-63-60-57-54-51-24-21-18-15-12-9-6-3)83-77(80)71-68-65-62-59-56-53-50-48-46-44-42-39-36-34-32-30-28-26-23-20-17-14-11-8-5-2/h7,10,12,15-16,19,21,24-25,27,30-33,37-38,41,43,74H,4-6,8-9,11,13-14,17-18,20,22-23,26,28-29,34-36,39-40,42,44-73H2,1-3H3/b10-7-,15-12-,19-16-,24-21-,27-25-,32-30-,33-31-,38-37-,43-41-. The lowest BCUT2D eigenvalue weighted by Gasteiger charge is -2.18. The molecular weight excluding hydrogens is 1020 g/mol. The molecule has 0 heterocycles. The molecule has 1 unspecified atom stereocenters. The zero-order valence-electron chi connectivity index (χ0n) is 54.7. The van der Waals surface area contributed by atoms with Gasteiger partial charge in [-0.3, -0.25) is 14.4 Å². The summed E-state index contributed by atoms with van der Waals surface area (Å²) in [6.07, 6.45) is 96.9. The van der Waals surface area contributed by atoms with E-state index in [9.17, 15) is 14.4 Å². The molecule has 0 aliphatic heterocycles. The van der Waals surface area contributed by atoms with Crippen LogP contribution < -0.4 is 0 Å². The van der Waals surface area contributed by atoms with Gasteiger partial charge in [0.25, 0.3) is 0 Å². The van der Waals surface area contributed by atoms with Gasteiger partial charge >= 0.3 is 17.9 Å². The highest BCUT2D eigenvalue weighted by molar-refractivity contribution is 5.71. The van der Waals surface area contributed by atoms with Crippen LogP contribution in [0.25, 0.3) is 0 Å². The van der Waals surface area contributed by atoms with E-state index in [4.69, 9.17) is 14.2 Å². The normalized spacial score (nSPS) is 12.8. The molecule has 0 bridgehead atoms. The lowest BCUT2D eigenvalue weighted by Crippen LogP contribution is -2.30. The summed E-state index contributed by atoms with van der Waals surface area (Å²) >= 11 is 0. The van der Waals surface area contributed by atoms with E-state index in [1.165, 1.54) is 167 Å². The van der Waals surface area contributed by atoms with Crippen molar-refractivity contribution < 1.29 is 28.6 Å². The number of hydrogen-bond acceptors (Lipinski definition) is 6. The van der Waals surface area contributed by atoms with Crippen molar-refractivity contribution in [3.63, 3.8) is 0 Å². The topological polar surface area (TPSA) is 78.9 Å². The van der Waals surface area contributed by atoms with Gasteiger partial charge in [0.2, 0.25) is 0 Å². The maximum Gasteiger partial charge on any atom is 0.306 e. The fourth-order valence-electron chi connectivity index (χ4n) is 9.95. The van der Waals surface area contributed by atoms with Crippen molar-refractivity contribution in [2.24, 2.45) is 0 Å². The molecule has 0 saturated heterocycles.